The number of aryl methyl sites for hydroxylation is 1. The molecule has 0 atom stereocenters. The van der Waals surface area contributed by atoms with E-state index >= 15 is 0 Å². The van der Waals surface area contributed by atoms with E-state index in [0.29, 0.717) is 0 Å². The molecule has 0 unspecified atom stereocenters. The lowest BCUT2D eigenvalue weighted by atomic mass is 10.1. The van der Waals surface area contributed by atoms with Crippen LogP contribution in [0.1, 0.15) is 38.9 Å². The summed E-state index contributed by atoms with van der Waals surface area (Å²) in [6.07, 6.45) is 3.58. The van der Waals surface area contributed by atoms with Gasteiger partial charge in [-0.05, 0) is 81.6 Å². The van der Waals surface area contributed by atoms with E-state index in [1.54, 1.807) is 0 Å². The molecular weight excluding hydrogens is 434 g/mol. The molecule has 1 aliphatic rings. The molecule has 0 amide bonds. The number of unbranched alkanes of at least 4 members (excludes halogenated alkanes) is 1. The van der Waals surface area contributed by atoms with E-state index in [9.17, 15) is 0 Å². The second-order valence-corrected chi connectivity index (χ2v) is 10.1. The van der Waals surface area contributed by atoms with Gasteiger partial charge >= 0.3 is 0 Å². The normalized spacial score (nSPS) is 15.1. The highest BCUT2D eigenvalue weighted by Crippen LogP contribution is 2.29. The fourth-order valence-corrected chi connectivity index (χ4v) is 4.62. The maximum Gasteiger partial charge on any atom is 0.144 e. The number of rotatable bonds is 11. The van der Waals surface area contributed by atoms with Crippen molar-refractivity contribution in [3.05, 3.63) is 54.4 Å². The Hall–Kier alpha value is -2.70. The molecule has 1 fully saturated rings. The first-order chi connectivity index (χ1) is 17.0. The Kier molecular flexibility index (Phi) is 8.94. The van der Waals surface area contributed by atoms with Crippen molar-refractivity contribution in [1.29, 1.82) is 0 Å². The maximum absolute atomic E-state index is 6.03. The number of hydrogen-bond acceptors (Lipinski definition) is 6. The molecule has 4 rings (SSSR count). The summed E-state index contributed by atoms with van der Waals surface area (Å²) in [5.74, 6) is 3.42. The zero-order valence-corrected chi connectivity index (χ0v) is 21.9. The van der Waals surface area contributed by atoms with Gasteiger partial charge in [-0.1, -0.05) is 26.0 Å². The fraction of sp³-hybridized carbons (Fsp3) is 0.517. The summed E-state index contributed by atoms with van der Waals surface area (Å²) in [7, 11) is 2.05. The van der Waals surface area contributed by atoms with Gasteiger partial charge in [0, 0.05) is 44.3 Å². The summed E-state index contributed by atoms with van der Waals surface area (Å²) < 4.78 is 6.03. The van der Waals surface area contributed by atoms with Gasteiger partial charge in [0.2, 0.25) is 0 Å². The van der Waals surface area contributed by atoms with E-state index in [4.69, 9.17) is 9.72 Å². The molecule has 0 bridgehead atoms. The molecule has 1 aromatic heterocycles. The molecule has 188 valence electrons. The van der Waals surface area contributed by atoms with Gasteiger partial charge in [-0.15, -0.1) is 0 Å². The van der Waals surface area contributed by atoms with E-state index in [-0.39, 0.29) is 0 Å². The second-order valence-electron chi connectivity index (χ2n) is 10.1. The molecule has 0 aliphatic carbocycles. The lowest BCUT2D eigenvalue weighted by Gasteiger charge is -2.35. The molecule has 0 saturated carbocycles. The Labute approximate surface area is 210 Å². The summed E-state index contributed by atoms with van der Waals surface area (Å²) >= 11 is 0. The van der Waals surface area contributed by atoms with Crippen LogP contribution in [0.15, 0.2) is 48.5 Å². The lowest BCUT2D eigenvalue weighted by molar-refractivity contribution is 0.125. The van der Waals surface area contributed by atoms with Crippen LogP contribution in [0.2, 0.25) is 0 Å². The minimum Gasteiger partial charge on any atom is -0.494 e. The van der Waals surface area contributed by atoms with Crippen LogP contribution in [0, 0.1) is 12.8 Å². The standard InChI is InChI=1S/C29H41N5O/c1-23(2)15-17-34-20-18-33(19-21-34)16-7-8-22-35-26-13-11-25(12-14-26)32(4)29-27-9-5-6-10-28(27)30-24(3)31-29/h5-6,9-14,23H,7-8,15-22H2,1-4H3. The minimum atomic E-state index is 0.763. The largest absolute Gasteiger partial charge is 0.494 e. The molecule has 2 heterocycles. The van der Waals surface area contributed by atoms with Crippen LogP contribution >= 0.6 is 0 Å². The number of fused-ring (bicyclic) bond motifs is 1. The molecular formula is C29H41N5O. The third-order valence-electron chi connectivity index (χ3n) is 6.86. The third-order valence-corrected chi connectivity index (χ3v) is 6.86. The van der Waals surface area contributed by atoms with Crippen molar-refractivity contribution in [2.24, 2.45) is 5.92 Å². The van der Waals surface area contributed by atoms with Crippen LogP contribution in [0.25, 0.3) is 10.9 Å². The molecule has 6 nitrogen and oxygen atoms in total. The Bertz CT molecular complexity index is 1060. The highest BCUT2D eigenvalue weighted by Gasteiger charge is 2.16. The number of para-hydroxylation sites is 1. The Morgan fingerprint density at radius 1 is 0.886 bits per heavy atom. The van der Waals surface area contributed by atoms with Crippen molar-refractivity contribution < 1.29 is 4.74 Å². The Balaban J connectivity index is 1.19. The minimum absolute atomic E-state index is 0.763. The van der Waals surface area contributed by atoms with Crippen molar-refractivity contribution in [2.45, 2.75) is 40.0 Å². The average Bonchev–Trinajstić information content (AvgIpc) is 2.87. The van der Waals surface area contributed by atoms with Gasteiger partial charge in [-0.3, -0.25) is 0 Å². The van der Waals surface area contributed by atoms with Gasteiger partial charge in [-0.2, -0.15) is 0 Å². The fourth-order valence-electron chi connectivity index (χ4n) is 4.62. The zero-order valence-electron chi connectivity index (χ0n) is 21.9. The molecule has 1 aliphatic heterocycles. The van der Waals surface area contributed by atoms with Crippen molar-refractivity contribution in [3.8, 4) is 5.75 Å². The highest BCUT2D eigenvalue weighted by atomic mass is 16.5. The molecule has 0 spiro atoms. The van der Waals surface area contributed by atoms with Crippen LogP contribution in [0.5, 0.6) is 5.75 Å². The van der Waals surface area contributed by atoms with Gasteiger partial charge in [0.25, 0.3) is 0 Å². The van der Waals surface area contributed by atoms with E-state index < -0.39 is 0 Å². The summed E-state index contributed by atoms with van der Waals surface area (Å²) in [5.41, 5.74) is 2.04. The lowest BCUT2D eigenvalue weighted by Crippen LogP contribution is -2.46. The van der Waals surface area contributed by atoms with Crippen LogP contribution in [0.3, 0.4) is 0 Å². The molecule has 1 saturated heterocycles. The van der Waals surface area contributed by atoms with E-state index in [1.165, 1.54) is 52.1 Å². The number of anilines is 2. The van der Waals surface area contributed by atoms with Crippen LogP contribution < -0.4 is 9.64 Å². The molecule has 0 N–H and O–H groups in total. The number of piperazine rings is 1. The summed E-state index contributed by atoms with van der Waals surface area (Å²) in [6, 6.07) is 16.5. The highest BCUT2D eigenvalue weighted by molar-refractivity contribution is 5.91. The Morgan fingerprint density at radius 3 is 2.29 bits per heavy atom. The van der Waals surface area contributed by atoms with Crippen LogP contribution in [-0.2, 0) is 0 Å². The smallest absolute Gasteiger partial charge is 0.144 e. The molecule has 6 heteroatoms. The quantitative estimate of drug-likeness (QED) is 0.340. The molecule has 0 radical (unpaired) electrons. The van der Waals surface area contributed by atoms with Crippen LogP contribution in [0.4, 0.5) is 11.5 Å². The van der Waals surface area contributed by atoms with Gasteiger partial charge in [0.15, 0.2) is 0 Å². The SMILES string of the molecule is Cc1nc(N(C)c2ccc(OCCCCN3CCN(CCC(C)C)CC3)cc2)c2ccccc2n1. The topological polar surface area (TPSA) is 44.7 Å². The van der Waals surface area contributed by atoms with Crippen molar-refractivity contribution in [3.63, 3.8) is 0 Å². The second kappa shape index (κ2) is 12.3. The van der Waals surface area contributed by atoms with E-state index in [0.717, 1.165) is 52.9 Å². The van der Waals surface area contributed by atoms with Gasteiger partial charge in [0.1, 0.15) is 17.4 Å². The van der Waals surface area contributed by atoms with Crippen molar-refractivity contribution in [1.82, 2.24) is 19.8 Å². The van der Waals surface area contributed by atoms with E-state index in [2.05, 4.69) is 63.9 Å². The molecule has 3 aromatic rings. The molecule has 2 aromatic carbocycles. The first kappa shape index (κ1) is 25.4. The van der Waals surface area contributed by atoms with Gasteiger partial charge in [0.05, 0.1) is 12.1 Å². The van der Waals surface area contributed by atoms with Gasteiger partial charge in [-0.25, -0.2) is 9.97 Å². The third kappa shape index (κ3) is 7.15. The summed E-state index contributed by atoms with van der Waals surface area (Å²) in [4.78, 5) is 16.6. The number of hydrogen-bond donors (Lipinski definition) is 0. The monoisotopic (exact) mass is 475 g/mol. The number of ether oxygens (including phenoxy) is 1. The summed E-state index contributed by atoms with van der Waals surface area (Å²) in [5, 5.41) is 1.05. The maximum atomic E-state index is 6.03. The number of aromatic nitrogens is 2. The predicted octanol–water partition coefficient (Wildman–Crippen LogP) is 5.53. The average molecular weight is 476 g/mol. The first-order valence-electron chi connectivity index (χ1n) is 13.1. The molecule has 35 heavy (non-hydrogen) atoms. The van der Waals surface area contributed by atoms with Gasteiger partial charge < -0.3 is 19.4 Å². The van der Waals surface area contributed by atoms with Crippen molar-refractivity contribution >= 4 is 22.4 Å². The van der Waals surface area contributed by atoms with Crippen LogP contribution in [-0.4, -0.2) is 72.7 Å². The zero-order chi connectivity index (χ0) is 24.6. The first-order valence-corrected chi connectivity index (χ1v) is 13.1. The number of benzene rings is 2. The predicted molar refractivity (Wildman–Crippen MR) is 146 cm³/mol. The summed E-state index contributed by atoms with van der Waals surface area (Å²) in [6.45, 7) is 14.6. The van der Waals surface area contributed by atoms with Crippen molar-refractivity contribution in [2.75, 3.05) is 57.8 Å². The Morgan fingerprint density at radius 2 is 1.57 bits per heavy atom. The van der Waals surface area contributed by atoms with E-state index in [1.807, 2.05) is 32.2 Å². The number of nitrogens with zero attached hydrogens (tertiary/aromatic N) is 5.